The van der Waals surface area contributed by atoms with Crippen molar-refractivity contribution >= 4 is 0 Å². The Bertz CT molecular complexity index is 194. The highest BCUT2D eigenvalue weighted by Crippen LogP contribution is 2.28. The van der Waals surface area contributed by atoms with Crippen molar-refractivity contribution in [3.63, 3.8) is 0 Å². The molecule has 0 aliphatic heterocycles. The van der Waals surface area contributed by atoms with Crippen molar-refractivity contribution in [2.24, 2.45) is 5.92 Å². The van der Waals surface area contributed by atoms with E-state index in [0.29, 0.717) is 0 Å². The van der Waals surface area contributed by atoms with Gasteiger partial charge >= 0.3 is 6.18 Å². The van der Waals surface area contributed by atoms with Gasteiger partial charge < -0.3 is 5.11 Å². The van der Waals surface area contributed by atoms with Gasteiger partial charge in [-0.2, -0.15) is 13.2 Å². The van der Waals surface area contributed by atoms with Gasteiger partial charge in [0.1, 0.15) is 0 Å². The zero-order valence-electron chi connectivity index (χ0n) is 5.65. The van der Waals surface area contributed by atoms with Gasteiger partial charge in [0.25, 0.3) is 0 Å². The van der Waals surface area contributed by atoms with E-state index in [-0.39, 0.29) is 5.92 Å². The Morgan fingerprint density at radius 1 is 1.36 bits per heavy atom. The van der Waals surface area contributed by atoms with Crippen LogP contribution in [0.25, 0.3) is 0 Å². The van der Waals surface area contributed by atoms with Gasteiger partial charge in [-0.25, -0.2) is 0 Å². The van der Waals surface area contributed by atoms with E-state index in [9.17, 15) is 13.2 Å². The minimum absolute atomic E-state index is 0.0898. The van der Waals surface area contributed by atoms with Crippen LogP contribution in [-0.4, -0.2) is 17.4 Å². The summed E-state index contributed by atoms with van der Waals surface area (Å²) in [4.78, 5) is 0. The van der Waals surface area contributed by atoms with Crippen LogP contribution in [0.4, 0.5) is 13.2 Å². The van der Waals surface area contributed by atoms with E-state index < -0.39 is 12.3 Å². The fraction of sp³-hybridized carbons (Fsp3) is 0.714. The Kier molecular flexibility index (Phi) is 2.10. The molecule has 0 aromatic carbocycles. The molecule has 0 aromatic heterocycles. The lowest BCUT2D eigenvalue weighted by atomic mass is 10.3. The molecule has 0 heterocycles. The van der Waals surface area contributed by atoms with Gasteiger partial charge in [0, 0.05) is 5.92 Å². The number of alkyl halides is 3. The molecule has 4 heteroatoms. The van der Waals surface area contributed by atoms with E-state index in [2.05, 4.69) is 5.92 Å². The smallest absolute Gasteiger partial charge is 0.372 e. The van der Waals surface area contributed by atoms with Gasteiger partial charge in [-0.15, -0.1) is 0 Å². The summed E-state index contributed by atoms with van der Waals surface area (Å²) < 4.78 is 34.7. The second kappa shape index (κ2) is 2.74. The average molecular weight is 164 g/mol. The van der Waals surface area contributed by atoms with E-state index >= 15 is 0 Å². The van der Waals surface area contributed by atoms with Crippen LogP contribution in [0.1, 0.15) is 12.8 Å². The molecule has 0 saturated heterocycles. The summed E-state index contributed by atoms with van der Waals surface area (Å²) in [5.41, 5.74) is 0. The van der Waals surface area contributed by atoms with E-state index in [1.54, 1.807) is 5.92 Å². The van der Waals surface area contributed by atoms with Crippen LogP contribution >= 0.6 is 0 Å². The zero-order chi connectivity index (χ0) is 8.48. The SMILES string of the molecule is OC(C#CC1CC1)C(F)(F)F. The average Bonchev–Trinajstić information content (AvgIpc) is 2.62. The number of hydrogen-bond donors (Lipinski definition) is 1. The van der Waals surface area contributed by atoms with Crippen molar-refractivity contribution in [1.29, 1.82) is 0 Å². The van der Waals surface area contributed by atoms with Gasteiger partial charge in [-0.3, -0.25) is 0 Å². The van der Waals surface area contributed by atoms with E-state index in [1.807, 2.05) is 0 Å². The highest BCUT2D eigenvalue weighted by atomic mass is 19.4. The third-order valence-corrected chi connectivity index (χ3v) is 1.31. The molecule has 0 amide bonds. The molecule has 0 spiro atoms. The molecule has 1 nitrogen and oxygen atoms in total. The standard InChI is InChI=1S/C7H7F3O/c8-7(9,10)6(11)4-3-5-1-2-5/h5-6,11H,1-2H2. The molecular formula is C7H7F3O. The first-order valence-electron chi connectivity index (χ1n) is 3.26. The van der Waals surface area contributed by atoms with Crippen molar-refractivity contribution in [3.05, 3.63) is 0 Å². The molecule has 1 unspecified atom stereocenters. The van der Waals surface area contributed by atoms with Crippen molar-refractivity contribution < 1.29 is 18.3 Å². The van der Waals surface area contributed by atoms with Gasteiger partial charge in [0.2, 0.25) is 6.10 Å². The zero-order valence-corrected chi connectivity index (χ0v) is 5.65. The van der Waals surface area contributed by atoms with Crippen molar-refractivity contribution in [1.82, 2.24) is 0 Å². The Morgan fingerprint density at radius 2 is 1.91 bits per heavy atom. The summed E-state index contributed by atoms with van der Waals surface area (Å²) >= 11 is 0. The van der Waals surface area contributed by atoms with E-state index in [0.717, 1.165) is 12.8 Å². The molecule has 1 N–H and O–H groups in total. The quantitative estimate of drug-likeness (QED) is 0.535. The van der Waals surface area contributed by atoms with Gasteiger partial charge in [-0.1, -0.05) is 11.8 Å². The number of halogens is 3. The first-order valence-corrected chi connectivity index (χ1v) is 3.26. The maximum atomic E-state index is 11.6. The minimum atomic E-state index is -4.60. The molecule has 0 bridgehead atoms. The van der Waals surface area contributed by atoms with Crippen LogP contribution < -0.4 is 0 Å². The molecule has 1 fully saturated rings. The Balaban J connectivity index is 2.42. The van der Waals surface area contributed by atoms with Gasteiger partial charge in [0.05, 0.1) is 0 Å². The second-order valence-electron chi connectivity index (χ2n) is 2.51. The molecule has 1 atom stereocenters. The number of rotatable bonds is 0. The Morgan fingerprint density at radius 3 is 2.27 bits per heavy atom. The Labute approximate surface area is 62.2 Å². The number of aliphatic hydroxyl groups excluding tert-OH is 1. The fourth-order valence-electron chi connectivity index (χ4n) is 0.506. The lowest BCUT2D eigenvalue weighted by Gasteiger charge is -2.06. The predicted octanol–water partition coefficient (Wildman–Crippen LogP) is 1.32. The lowest BCUT2D eigenvalue weighted by molar-refractivity contribution is -0.184. The van der Waals surface area contributed by atoms with Gasteiger partial charge in [0.15, 0.2) is 0 Å². The van der Waals surface area contributed by atoms with Crippen LogP contribution in [-0.2, 0) is 0 Å². The minimum Gasteiger partial charge on any atom is -0.372 e. The van der Waals surface area contributed by atoms with Crippen molar-refractivity contribution in [2.75, 3.05) is 0 Å². The van der Waals surface area contributed by atoms with Crippen LogP contribution in [0.5, 0.6) is 0 Å². The summed E-state index contributed by atoms with van der Waals surface area (Å²) in [6.45, 7) is 0. The van der Waals surface area contributed by atoms with E-state index in [4.69, 9.17) is 5.11 Å². The molecule has 1 aliphatic carbocycles. The van der Waals surface area contributed by atoms with Crippen LogP contribution in [0.2, 0.25) is 0 Å². The molecular weight excluding hydrogens is 157 g/mol. The monoisotopic (exact) mass is 164 g/mol. The summed E-state index contributed by atoms with van der Waals surface area (Å²) in [7, 11) is 0. The predicted molar refractivity (Wildman–Crippen MR) is 32.6 cm³/mol. The highest BCUT2D eigenvalue weighted by Gasteiger charge is 2.37. The third-order valence-electron chi connectivity index (χ3n) is 1.31. The summed E-state index contributed by atoms with van der Waals surface area (Å²) in [5, 5.41) is 8.36. The van der Waals surface area contributed by atoms with Crippen LogP contribution in [0.3, 0.4) is 0 Å². The molecule has 0 aromatic rings. The normalized spacial score (nSPS) is 20.4. The molecule has 1 rings (SSSR count). The fourth-order valence-corrected chi connectivity index (χ4v) is 0.506. The van der Waals surface area contributed by atoms with Gasteiger partial charge in [-0.05, 0) is 12.8 Å². The number of hydrogen-bond acceptors (Lipinski definition) is 1. The first kappa shape index (κ1) is 8.41. The second-order valence-corrected chi connectivity index (χ2v) is 2.51. The first-order chi connectivity index (χ1) is 5.00. The van der Waals surface area contributed by atoms with Crippen LogP contribution in [0.15, 0.2) is 0 Å². The number of aliphatic hydroxyl groups is 1. The highest BCUT2D eigenvalue weighted by molar-refractivity contribution is 5.13. The maximum Gasteiger partial charge on any atom is 0.425 e. The maximum absolute atomic E-state index is 11.6. The van der Waals surface area contributed by atoms with Crippen molar-refractivity contribution in [3.8, 4) is 11.8 Å². The summed E-state index contributed by atoms with van der Waals surface area (Å²) in [6.07, 6.45) is -5.35. The third kappa shape index (κ3) is 2.81. The molecule has 1 saturated carbocycles. The topological polar surface area (TPSA) is 20.2 Å². The molecule has 62 valence electrons. The largest absolute Gasteiger partial charge is 0.425 e. The molecule has 1 aliphatic rings. The summed E-state index contributed by atoms with van der Waals surface area (Å²) in [5.74, 6) is 4.20. The summed E-state index contributed by atoms with van der Waals surface area (Å²) in [6, 6.07) is 0. The molecule has 0 radical (unpaired) electrons. The van der Waals surface area contributed by atoms with Crippen molar-refractivity contribution in [2.45, 2.75) is 25.1 Å². The molecule has 11 heavy (non-hydrogen) atoms. The van der Waals surface area contributed by atoms with Crippen LogP contribution in [0, 0.1) is 17.8 Å². The Hall–Kier alpha value is -0.690. The lowest BCUT2D eigenvalue weighted by Crippen LogP contribution is -2.26. The van der Waals surface area contributed by atoms with E-state index in [1.165, 1.54) is 0 Å².